The predicted octanol–water partition coefficient (Wildman–Crippen LogP) is 9.57. The van der Waals surface area contributed by atoms with Gasteiger partial charge >= 0.3 is 6.18 Å². The van der Waals surface area contributed by atoms with Gasteiger partial charge in [-0.3, -0.25) is 0 Å². The fraction of sp³-hybridized carbons (Fsp3) is 0.290. The van der Waals surface area contributed by atoms with E-state index in [2.05, 4.69) is 31.2 Å². The van der Waals surface area contributed by atoms with E-state index in [0.29, 0.717) is 16.5 Å². The molecular weight excluding hydrogens is 448 g/mol. The average molecular weight is 479 g/mol. The molecule has 0 radical (unpaired) electrons. The van der Waals surface area contributed by atoms with Crippen LogP contribution in [0.2, 0.25) is 0 Å². The lowest BCUT2D eigenvalue weighted by atomic mass is 9.96. The summed E-state index contributed by atoms with van der Waals surface area (Å²) in [6.45, 7) is 2.22. The summed E-state index contributed by atoms with van der Waals surface area (Å²) in [5.74, 6) is -0.414. The van der Waals surface area contributed by atoms with E-state index in [1.54, 1.807) is 12.1 Å². The molecule has 0 heterocycles. The van der Waals surface area contributed by atoms with Crippen molar-refractivity contribution in [1.29, 1.82) is 0 Å². The Kier molecular flexibility index (Phi) is 7.90. The maximum absolute atomic E-state index is 15.2. The van der Waals surface area contributed by atoms with E-state index in [-0.39, 0.29) is 0 Å². The topological polar surface area (TPSA) is 0 Å². The molecule has 182 valence electrons. The Hall–Kier alpha value is -3.14. The molecule has 0 nitrogen and oxygen atoms in total. The second kappa shape index (κ2) is 11.1. The van der Waals surface area contributed by atoms with Crippen molar-refractivity contribution >= 4 is 10.8 Å². The van der Waals surface area contributed by atoms with Gasteiger partial charge in [-0.25, -0.2) is 4.39 Å². The summed E-state index contributed by atoms with van der Waals surface area (Å²) < 4.78 is 53.7. The quantitative estimate of drug-likeness (QED) is 0.166. The highest BCUT2D eigenvalue weighted by Gasteiger charge is 2.30. The molecule has 0 bridgehead atoms. The number of alkyl halides is 3. The van der Waals surface area contributed by atoms with Crippen LogP contribution in [0.3, 0.4) is 0 Å². The van der Waals surface area contributed by atoms with Crippen molar-refractivity contribution in [2.24, 2.45) is 0 Å². The van der Waals surface area contributed by atoms with Gasteiger partial charge in [0.25, 0.3) is 0 Å². The molecule has 0 aromatic heterocycles. The van der Waals surface area contributed by atoms with Crippen molar-refractivity contribution in [2.75, 3.05) is 0 Å². The van der Waals surface area contributed by atoms with Gasteiger partial charge in [0.2, 0.25) is 0 Å². The van der Waals surface area contributed by atoms with E-state index < -0.39 is 17.6 Å². The van der Waals surface area contributed by atoms with Crippen LogP contribution in [0.15, 0.2) is 78.9 Å². The first-order chi connectivity index (χ1) is 16.8. The second-order valence-corrected chi connectivity index (χ2v) is 9.18. The van der Waals surface area contributed by atoms with Crippen LogP contribution in [0, 0.1) is 5.82 Å². The van der Waals surface area contributed by atoms with Gasteiger partial charge in [-0.15, -0.1) is 0 Å². The van der Waals surface area contributed by atoms with Crippen molar-refractivity contribution in [3.05, 3.63) is 107 Å². The first kappa shape index (κ1) is 25.0. The fourth-order valence-electron chi connectivity index (χ4n) is 4.48. The van der Waals surface area contributed by atoms with Gasteiger partial charge in [-0.2, -0.15) is 13.2 Å². The largest absolute Gasteiger partial charge is 0.416 e. The Labute approximate surface area is 204 Å². The molecular formula is C31H30F4. The maximum atomic E-state index is 15.2. The van der Waals surface area contributed by atoms with Gasteiger partial charge in [-0.05, 0) is 65.5 Å². The summed E-state index contributed by atoms with van der Waals surface area (Å²) in [4.78, 5) is 0. The summed E-state index contributed by atoms with van der Waals surface area (Å²) in [5.41, 5.74) is 3.78. The Morgan fingerprint density at radius 2 is 1.26 bits per heavy atom. The molecule has 0 fully saturated rings. The third-order valence-electron chi connectivity index (χ3n) is 6.59. The van der Waals surface area contributed by atoms with Crippen LogP contribution >= 0.6 is 0 Å². The Morgan fingerprint density at radius 3 is 1.91 bits per heavy atom. The normalized spacial score (nSPS) is 11.8. The van der Waals surface area contributed by atoms with Gasteiger partial charge < -0.3 is 0 Å². The molecule has 0 aliphatic carbocycles. The first-order valence-electron chi connectivity index (χ1n) is 12.3. The molecule has 4 heteroatoms. The Balaban J connectivity index is 1.43. The molecule has 0 saturated heterocycles. The zero-order valence-corrected chi connectivity index (χ0v) is 20.0. The van der Waals surface area contributed by atoms with E-state index in [1.807, 2.05) is 18.2 Å². The minimum Gasteiger partial charge on any atom is -0.206 e. The number of halogens is 4. The highest BCUT2D eigenvalue weighted by Crippen LogP contribution is 2.33. The zero-order valence-electron chi connectivity index (χ0n) is 20.0. The number of hydrogen-bond donors (Lipinski definition) is 0. The van der Waals surface area contributed by atoms with Crippen LogP contribution in [0.25, 0.3) is 21.9 Å². The van der Waals surface area contributed by atoms with Gasteiger partial charge in [0.15, 0.2) is 0 Å². The highest BCUT2D eigenvalue weighted by molar-refractivity contribution is 5.88. The van der Waals surface area contributed by atoms with Gasteiger partial charge in [-0.1, -0.05) is 92.9 Å². The average Bonchev–Trinajstić information content (AvgIpc) is 2.86. The summed E-state index contributed by atoms with van der Waals surface area (Å²) in [6, 6.07) is 22.6. The van der Waals surface area contributed by atoms with Crippen LogP contribution in [-0.4, -0.2) is 0 Å². The maximum Gasteiger partial charge on any atom is 0.416 e. The van der Waals surface area contributed by atoms with Crippen LogP contribution in [0.5, 0.6) is 0 Å². The Morgan fingerprint density at radius 1 is 0.629 bits per heavy atom. The molecule has 0 spiro atoms. The standard InChI is InChI=1S/C31H30F4/c1-2-3-4-5-6-22-7-9-23(10-8-22)11-12-24-13-19-29-26(21-24)16-20-28(30(29)32)25-14-17-27(18-15-25)31(33,34)35/h7-10,13-21H,2-6,11-12H2,1H3. The van der Waals surface area contributed by atoms with Gasteiger partial charge in [0.05, 0.1) is 5.56 Å². The van der Waals surface area contributed by atoms with Crippen molar-refractivity contribution in [1.82, 2.24) is 0 Å². The number of unbranched alkanes of at least 4 members (excludes halogenated alkanes) is 3. The van der Waals surface area contributed by atoms with Crippen molar-refractivity contribution in [2.45, 2.75) is 58.0 Å². The molecule has 4 rings (SSSR count). The minimum atomic E-state index is -4.41. The summed E-state index contributed by atoms with van der Waals surface area (Å²) in [5, 5.41) is 1.26. The lowest BCUT2D eigenvalue weighted by Gasteiger charge is -2.11. The molecule has 0 aliphatic rings. The van der Waals surface area contributed by atoms with E-state index in [1.165, 1.54) is 48.9 Å². The van der Waals surface area contributed by atoms with E-state index in [0.717, 1.165) is 42.3 Å². The second-order valence-electron chi connectivity index (χ2n) is 9.18. The van der Waals surface area contributed by atoms with Crippen LogP contribution in [0.4, 0.5) is 17.6 Å². The lowest BCUT2D eigenvalue weighted by Crippen LogP contribution is -2.04. The lowest BCUT2D eigenvalue weighted by molar-refractivity contribution is -0.137. The Bertz CT molecular complexity index is 1250. The molecule has 0 N–H and O–H groups in total. The van der Waals surface area contributed by atoms with Gasteiger partial charge in [0, 0.05) is 10.9 Å². The first-order valence-corrected chi connectivity index (χ1v) is 12.3. The van der Waals surface area contributed by atoms with Crippen molar-refractivity contribution in [3.63, 3.8) is 0 Å². The predicted molar refractivity (Wildman–Crippen MR) is 136 cm³/mol. The molecule has 35 heavy (non-hydrogen) atoms. The molecule has 0 unspecified atom stereocenters. The van der Waals surface area contributed by atoms with Crippen molar-refractivity contribution < 1.29 is 17.6 Å². The van der Waals surface area contributed by atoms with E-state index in [4.69, 9.17) is 0 Å². The highest BCUT2D eigenvalue weighted by atomic mass is 19.4. The fourth-order valence-corrected chi connectivity index (χ4v) is 4.48. The van der Waals surface area contributed by atoms with E-state index in [9.17, 15) is 13.2 Å². The number of rotatable bonds is 9. The summed E-state index contributed by atoms with van der Waals surface area (Å²) >= 11 is 0. The zero-order chi connectivity index (χ0) is 24.8. The smallest absolute Gasteiger partial charge is 0.206 e. The number of aryl methyl sites for hydroxylation is 3. The van der Waals surface area contributed by atoms with Crippen LogP contribution < -0.4 is 0 Å². The molecule has 0 aliphatic heterocycles. The summed E-state index contributed by atoms with van der Waals surface area (Å²) in [6.07, 6.45) is 3.55. The number of benzene rings is 4. The molecule has 0 atom stereocenters. The summed E-state index contributed by atoms with van der Waals surface area (Å²) in [7, 11) is 0. The molecule has 4 aromatic rings. The third kappa shape index (κ3) is 6.30. The molecule has 0 amide bonds. The minimum absolute atomic E-state index is 0.300. The van der Waals surface area contributed by atoms with E-state index >= 15 is 4.39 Å². The van der Waals surface area contributed by atoms with Crippen LogP contribution in [0.1, 0.15) is 54.9 Å². The SMILES string of the molecule is CCCCCCc1ccc(CCc2ccc3c(F)c(-c4ccc(C(F)(F)F)cc4)ccc3c2)cc1. The monoisotopic (exact) mass is 478 g/mol. The molecule has 4 aromatic carbocycles. The van der Waals surface area contributed by atoms with Crippen LogP contribution in [-0.2, 0) is 25.4 Å². The van der Waals surface area contributed by atoms with Gasteiger partial charge in [0.1, 0.15) is 5.82 Å². The van der Waals surface area contributed by atoms with Crippen molar-refractivity contribution in [3.8, 4) is 11.1 Å². The number of hydrogen-bond acceptors (Lipinski definition) is 0. The molecule has 0 saturated carbocycles. The third-order valence-corrected chi connectivity index (χ3v) is 6.59. The number of fused-ring (bicyclic) bond motifs is 1.